The lowest BCUT2D eigenvalue weighted by molar-refractivity contribution is -0.348. The number of likely N-dealkylation sites (tertiary alicyclic amines) is 1. The molecule has 0 aromatic heterocycles. The Morgan fingerprint density at radius 1 is 0.950 bits per heavy atom. The van der Waals surface area contributed by atoms with E-state index < -0.39 is 55.9 Å². The van der Waals surface area contributed by atoms with Crippen LogP contribution in [0.4, 0.5) is 35.1 Å². The molecule has 0 spiro atoms. The van der Waals surface area contributed by atoms with Gasteiger partial charge in [-0.05, 0) is 61.1 Å². The largest absolute Gasteiger partial charge is 0.435 e. The molecule has 40 heavy (non-hydrogen) atoms. The standard InChI is InChI=1S/C26H23F8NO4S/c27-18-3-5-19(6-4-18)40(37,38)23-10-11-35(22(36)16-9-12-39-14-16)21(23)8-1-15-13-17(2-7-20(15)23)24(28,25(29,30)31)26(32,33)34/h2-7,13,16,21H,1,8-12,14H2/t16-,21+,23+/m0/s1. The van der Waals surface area contributed by atoms with E-state index in [4.69, 9.17) is 4.74 Å². The summed E-state index contributed by atoms with van der Waals surface area (Å²) >= 11 is 0. The highest BCUT2D eigenvalue weighted by Gasteiger charge is 2.74. The van der Waals surface area contributed by atoms with Crippen molar-refractivity contribution in [2.45, 2.75) is 59.4 Å². The molecule has 0 unspecified atom stereocenters. The second-order valence-electron chi connectivity index (χ2n) is 10.3. The molecule has 3 atom stereocenters. The smallest absolute Gasteiger partial charge is 0.381 e. The molecule has 2 saturated heterocycles. The first kappa shape index (κ1) is 28.8. The number of benzene rings is 2. The Morgan fingerprint density at radius 2 is 1.60 bits per heavy atom. The maximum absolute atomic E-state index is 14.9. The lowest BCUT2D eigenvalue weighted by Gasteiger charge is -2.43. The molecule has 0 radical (unpaired) electrons. The van der Waals surface area contributed by atoms with Crippen molar-refractivity contribution in [2.75, 3.05) is 19.8 Å². The number of alkyl halides is 7. The molecule has 5 nitrogen and oxygen atoms in total. The summed E-state index contributed by atoms with van der Waals surface area (Å²) in [7, 11) is -4.52. The molecule has 2 aromatic rings. The van der Waals surface area contributed by atoms with Gasteiger partial charge < -0.3 is 9.64 Å². The Balaban J connectivity index is 1.69. The fraction of sp³-hybridized carbons (Fsp3) is 0.500. The van der Waals surface area contributed by atoms with E-state index in [1.54, 1.807) is 0 Å². The van der Waals surface area contributed by atoms with Crippen LogP contribution in [0.25, 0.3) is 0 Å². The van der Waals surface area contributed by atoms with E-state index in [-0.39, 0.29) is 54.3 Å². The highest BCUT2D eigenvalue weighted by molar-refractivity contribution is 7.92. The van der Waals surface area contributed by atoms with Crippen LogP contribution < -0.4 is 0 Å². The minimum Gasteiger partial charge on any atom is -0.381 e. The maximum Gasteiger partial charge on any atom is 0.435 e. The number of hydrogen-bond acceptors (Lipinski definition) is 4. The number of aryl methyl sites for hydroxylation is 1. The van der Waals surface area contributed by atoms with Gasteiger partial charge in [0.05, 0.1) is 23.5 Å². The van der Waals surface area contributed by atoms with Crippen molar-refractivity contribution in [3.8, 4) is 0 Å². The molecule has 2 aromatic carbocycles. The molecule has 1 amide bonds. The van der Waals surface area contributed by atoms with Crippen LogP contribution in [-0.2, 0) is 36.2 Å². The van der Waals surface area contributed by atoms with Crippen molar-refractivity contribution >= 4 is 15.7 Å². The molecule has 0 saturated carbocycles. The third-order valence-corrected chi connectivity index (χ3v) is 10.8. The van der Waals surface area contributed by atoms with Crippen LogP contribution in [0.5, 0.6) is 0 Å². The van der Waals surface area contributed by atoms with E-state index in [1.165, 1.54) is 4.90 Å². The van der Waals surface area contributed by atoms with Crippen LogP contribution in [0, 0.1) is 11.7 Å². The maximum atomic E-state index is 14.9. The van der Waals surface area contributed by atoms with E-state index in [1.807, 2.05) is 0 Å². The van der Waals surface area contributed by atoms with Crippen molar-refractivity contribution in [3.05, 3.63) is 65.0 Å². The number of halogens is 8. The molecule has 1 aliphatic carbocycles. The van der Waals surface area contributed by atoms with E-state index >= 15 is 0 Å². The van der Waals surface area contributed by atoms with E-state index in [0.29, 0.717) is 25.2 Å². The number of carbonyl (C=O) groups excluding carboxylic acids is 1. The van der Waals surface area contributed by atoms with Crippen LogP contribution in [-0.4, -0.2) is 57.4 Å². The Labute approximate surface area is 224 Å². The summed E-state index contributed by atoms with van der Waals surface area (Å²) < 4.78 is 141. The second-order valence-corrected chi connectivity index (χ2v) is 12.5. The van der Waals surface area contributed by atoms with Gasteiger partial charge in [0.1, 0.15) is 10.6 Å². The number of carbonyl (C=O) groups is 1. The summed E-state index contributed by atoms with van der Waals surface area (Å²) in [5.74, 6) is -1.63. The van der Waals surface area contributed by atoms with Gasteiger partial charge in [0.25, 0.3) is 0 Å². The minimum absolute atomic E-state index is 0.0558. The fourth-order valence-corrected chi connectivity index (χ4v) is 8.65. The fourth-order valence-electron chi connectivity index (χ4n) is 6.28. The Hall–Kier alpha value is -2.74. The molecule has 2 fully saturated rings. The van der Waals surface area contributed by atoms with Gasteiger partial charge in [-0.25, -0.2) is 17.2 Å². The molecule has 2 heterocycles. The molecule has 5 rings (SSSR count). The highest BCUT2D eigenvalue weighted by atomic mass is 32.2. The zero-order valence-electron chi connectivity index (χ0n) is 20.7. The topological polar surface area (TPSA) is 63.7 Å². The van der Waals surface area contributed by atoms with Gasteiger partial charge in [-0.3, -0.25) is 4.79 Å². The van der Waals surface area contributed by atoms with E-state index in [9.17, 15) is 48.3 Å². The summed E-state index contributed by atoms with van der Waals surface area (Å²) in [5.41, 5.74) is -7.71. The monoisotopic (exact) mass is 597 g/mol. The highest BCUT2D eigenvalue weighted by Crippen LogP contribution is 2.56. The SMILES string of the molecule is O=C([C@H]1CCOC1)N1CC[C@@]2(S(=O)(=O)c3ccc(F)cc3)c3ccc(C(F)(C(F)(F)F)C(F)(F)F)cc3CC[C@@H]12. The number of rotatable bonds is 4. The van der Waals surface area contributed by atoms with E-state index in [0.717, 1.165) is 30.3 Å². The first-order chi connectivity index (χ1) is 18.6. The lowest BCUT2D eigenvalue weighted by atomic mass is 9.76. The predicted octanol–water partition coefficient (Wildman–Crippen LogP) is 5.37. The van der Waals surface area contributed by atoms with Gasteiger partial charge in [0.15, 0.2) is 9.84 Å². The average molecular weight is 598 g/mol. The van der Waals surface area contributed by atoms with Crippen LogP contribution in [0.3, 0.4) is 0 Å². The van der Waals surface area contributed by atoms with Crippen LogP contribution in [0.1, 0.15) is 36.0 Å². The van der Waals surface area contributed by atoms with Crippen LogP contribution in [0.2, 0.25) is 0 Å². The molecule has 14 heteroatoms. The van der Waals surface area contributed by atoms with Gasteiger partial charge in [-0.2, -0.15) is 26.3 Å². The molecule has 218 valence electrons. The van der Waals surface area contributed by atoms with Crippen molar-refractivity contribution in [1.82, 2.24) is 4.90 Å². The van der Waals surface area contributed by atoms with Gasteiger partial charge >= 0.3 is 18.0 Å². The van der Waals surface area contributed by atoms with Gasteiger partial charge in [-0.1, -0.05) is 18.2 Å². The number of hydrogen-bond donors (Lipinski definition) is 0. The molecular weight excluding hydrogens is 574 g/mol. The third-order valence-electron chi connectivity index (χ3n) is 8.23. The molecule has 2 aliphatic heterocycles. The molecular formula is C26H23F8NO4S. The van der Waals surface area contributed by atoms with Crippen molar-refractivity contribution < 1.29 is 53.1 Å². The quantitative estimate of drug-likeness (QED) is 0.352. The molecule has 0 N–H and O–H groups in total. The number of fused-ring (bicyclic) bond motifs is 3. The summed E-state index contributed by atoms with van der Waals surface area (Å²) in [6, 6.07) is 4.32. The summed E-state index contributed by atoms with van der Waals surface area (Å²) in [6.45, 7) is 0.413. The average Bonchev–Trinajstić information content (AvgIpc) is 3.56. The first-order valence-corrected chi connectivity index (χ1v) is 13.9. The normalized spacial score (nSPS) is 25.6. The van der Waals surface area contributed by atoms with Gasteiger partial charge in [-0.15, -0.1) is 0 Å². The van der Waals surface area contributed by atoms with Crippen molar-refractivity contribution in [3.63, 3.8) is 0 Å². The number of ether oxygens (including phenoxy) is 1. The Morgan fingerprint density at radius 3 is 2.17 bits per heavy atom. The Kier molecular flexibility index (Phi) is 6.76. The van der Waals surface area contributed by atoms with Gasteiger partial charge in [0.2, 0.25) is 5.91 Å². The van der Waals surface area contributed by atoms with Crippen LogP contribution >= 0.6 is 0 Å². The van der Waals surface area contributed by atoms with Gasteiger partial charge in [0, 0.05) is 18.7 Å². The lowest BCUT2D eigenvalue weighted by Crippen LogP contribution is -2.53. The number of amides is 1. The zero-order chi connectivity index (χ0) is 29.3. The minimum atomic E-state index is -6.34. The molecule has 3 aliphatic rings. The molecule has 0 bridgehead atoms. The summed E-state index contributed by atoms with van der Waals surface area (Å²) in [5, 5.41) is 0. The first-order valence-electron chi connectivity index (χ1n) is 12.4. The van der Waals surface area contributed by atoms with Crippen molar-refractivity contribution in [1.29, 1.82) is 0 Å². The summed E-state index contributed by atoms with van der Waals surface area (Å²) in [4.78, 5) is 14.4. The predicted molar refractivity (Wildman–Crippen MR) is 124 cm³/mol. The zero-order valence-corrected chi connectivity index (χ0v) is 21.5. The number of nitrogens with zero attached hydrogens (tertiary/aromatic N) is 1. The number of sulfone groups is 1. The van der Waals surface area contributed by atoms with Crippen molar-refractivity contribution in [2.24, 2.45) is 5.92 Å². The Bertz CT molecular complexity index is 1400. The summed E-state index contributed by atoms with van der Waals surface area (Å²) in [6.07, 6.45) is -12.8. The van der Waals surface area contributed by atoms with Crippen LogP contribution in [0.15, 0.2) is 47.4 Å². The third kappa shape index (κ3) is 4.04. The van der Waals surface area contributed by atoms with E-state index in [2.05, 4.69) is 0 Å². The second kappa shape index (κ2) is 9.40.